The van der Waals surface area contributed by atoms with Crippen LogP contribution in [-0.2, 0) is 0 Å². The van der Waals surface area contributed by atoms with Crippen molar-refractivity contribution in [1.82, 2.24) is 0 Å². The van der Waals surface area contributed by atoms with E-state index in [1.807, 2.05) is 0 Å². The van der Waals surface area contributed by atoms with Crippen LogP contribution >= 0.6 is 0 Å². The van der Waals surface area contributed by atoms with Crippen molar-refractivity contribution in [3.8, 4) is 0 Å². The van der Waals surface area contributed by atoms with E-state index in [1.54, 1.807) is 0 Å². The Labute approximate surface area is 64.3 Å². The zero-order valence-electron chi connectivity index (χ0n) is 5.59. The molecule has 12 heteroatoms. The van der Waals surface area contributed by atoms with E-state index in [1.165, 1.54) is 0 Å². The monoisotopic (exact) mass is 213 g/mol. The minimum Gasteiger partial charge on any atom is -0.418 e. The number of rotatable bonds is 0. The van der Waals surface area contributed by atoms with Gasteiger partial charge in [-0.2, -0.15) is 0 Å². The van der Waals surface area contributed by atoms with Gasteiger partial charge in [-0.1, -0.05) is 0 Å². The molecule has 0 unspecified atom stereocenters. The molecule has 0 atom stereocenters. The summed E-state index contributed by atoms with van der Waals surface area (Å²) in [7, 11) is -6.00. The standard InChI is InChI=1S/BF4.7H2O/c2-1(3,4)5;;;;;;;/h;7*1H2/q-1;;;;;;;. The first-order valence-corrected chi connectivity index (χ1v) is 0.873. The molecule has 0 heterocycles. The highest BCUT2D eigenvalue weighted by molar-refractivity contribution is 6.50. The molecule has 88 valence electrons. The molecule has 0 aromatic rings. The fourth-order valence-electron chi connectivity index (χ4n) is 0. The summed E-state index contributed by atoms with van der Waals surface area (Å²) in [5, 5.41) is 0. The van der Waals surface area contributed by atoms with Gasteiger partial charge in [0, 0.05) is 0 Å². The Kier molecular flexibility index (Phi) is 270. The minimum absolute atomic E-state index is 0. The second-order valence-electron chi connectivity index (χ2n) is 0.495. The quantitative estimate of drug-likeness (QED) is 0.274. The molecule has 0 aliphatic carbocycles. The largest absolute Gasteiger partial charge is 0.673 e. The molecule has 0 amide bonds. The molecule has 0 bridgehead atoms. The molecule has 0 aliphatic rings. The number of hydrogen-bond donors (Lipinski definition) is 0. The van der Waals surface area contributed by atoms with E-state index in [2.05, 4.69) is 0 Å². The summed E-state index contributed by atoms with van der Waals surface area (Å²) in [6.07, 6.45) is 0. The van der Waals surface area contributed by atoms with Crippen molar-refractivity contribution in [1.29, 1.82) is 0 Å². The highest BCUT2D eigenvalue weighted by atomic mass is 19.5. The zero-order chi connectivity index (χ0) is 4.50. The van der Waals surface area contributed by atoms with Gasteiger partial charge in [-0.25, -0.2) is 0 Å². The molecule has 14 N–H and O–H groups in total. The van der Waals surface area contributed by atoms with Crippen LogP contribution in [0.4, 0.5) is 17.3 Å². The first-order valence-electron chi connectivity index (χ1n) is 0.873. The molecular formula is H14BF4O7-. The summed E-state index contributed by atoms with van der Waals surface area (Å²) in [4.78, 5) is 0. The molecule has 0 fully saturated rings. The maximum absolute atomic E-state index is 9.75. The van der Waals surface area contributed by atoms with E-state index >= 15 is 0 Å². The first-order chi connectivity index (χ1) is 2.00. The molecule has 0 spiro atoms. The molecule has 0 saturated carbocycles. The molecule has 12 heavy (non-hydrogen) atoms. The average Bonchev–Trinajstić information content (AvgIpc) is 0.722. The van der Waals surface area contributed by atoms with Crippen LogP contribution in [0.25, 0.3) is 0 Å². The van der Waals surface area contributed by atoms with Gasteiger partial charge >= 0.3 is 7.25 Å². The third-order valence-corrected chi connectivity index (χ3v) is 0. The highest BCUT2D eigenvalue weighted by Gasteiger charge is 2.20. The lowest BCUT2D eigenvalue weighted by atomic mass is 10.3. The fraction of sp³-hybridized carbons (Fsp3) is 0. The van der Waals surface area contributed by atoms with Gasteiger partial charge in [0.25, 0.3) is 0 Å². The van der Waals surface area contributed by atoms with Gasteiger partial charge in [0.2, 0.25) is 0 Å². The molecule has 0 radical (unpaired) electrons. The number of halogens is 4. The van der Waals surface area contributed by atoms with Gasteiger partial charge in [0.05, 0.1) is 0 Å². The van der Waals surface area contributed by atoms with Crippen LogP contribution in [0, 0.1) is 0 Å². The van der Waals surface area contributed by atoms with E-state index in [-0.39, 0.29) is 38.3 Å². The van der Waals surface area contributed by atoms with Crippen LogP contribution in [-0.4, -0.2) is 45.6 Å². The lowest BCUT2D eigenvalue weighted by molar-refractivity contribution is 0.368. The predicted octanol–water partition coefficient (Wildman–Crippen LogP) is -4.47. The van der Waals surface area contributed by atoms with Crippen LogP contribution in [0.3, 0.4) is 0 Å². The normalized spacial score (nSPS) is 5.00. The van der Waals surface area contributed by atoms with Crippen molar-refractivity contribution >= 4 is 7.25 Å². The van der Waals surface area contributed by atoms with E-state index in [4.69, 9.17) is 0 Å². The van der Waals surface area contributed by atoms with Gasteiger partial charge in [-0.15, -0.1) is 0 Å². The van der Waals surface area contributed by atoms with Crippen molar-refractivity contribution in [3.63, 3.8) is 0 Å². The summed E-state index contributed by atoms with van der Waals surface area (Å²) < 4.78 is 39.0. The van der Waals surface area contributed by atoms with Gasteiger partial charge in [0.1, 0.15) is 0 Å². The second kappa shape index (κ2) is 31.3. The molecule has 0 rings (SSSR count). The maximum atomic E-state index is 9.75. The van der Waals surface area contributed by atoms with Crippen molar-refractivity contribution in [3.05, 3.63) is 0 Å². The van der Waals surface area contributed by atoms with Crippen molar-refractivity contribution in [2.45, 2.75) is 0 Å². The molecule has 0 aromatic carbocycles. The predicted molar refractivity (Wildman–Crippen MR) is 35.5 cm³/mol. The van der Waals surface area contributed by atoms with Crippen LogP contribution < -0.4 is 0 Å². The molecule has 7 nitrogen and oxygen atoms in total. The third kappa shape index (κ3) is 2810. The van der Waals surface area contributed by atoms with Gasteiger partial charge in [-0.3, -0.25) is 0 Å². The number of hydrogen-bond acceptors (Lipinski definition) is 0. The Morgan fingerprint density at radius 2 is 0.417 bits per heavy atom. The fourth-order valence-corrected chi connectivity index (χ4v) is 0. The van der Waals surface area contributed by atoms with E-state index in [0.717, 1.165) is 0 Å². The first kappa shape index (κ1) is 103. The highest BCUT2D eigenvalue weighted by Crippen LogP contribution is 2.06. The van der Waals surface area contributed by atoms with Gasteiger partial charge in [0.15, 0.2) is 0 Å². The second-order valence-corrected chi connectivity index (χ2v) is 0.495. The molecule has 0 aromatic heterocycles. The van der Waals surface area contributed by atoms with Crippen LogP contribution in [0.15, 0.2) is 0 Å². The van der Waals surface area contributed by atoms with Gasteiger partial charge in [-0.05, 0) is 0 Å². The zero-order valence-corrected chi connectivity index (χ0v) is 5.59. The smallest absolute Gasteiger partial charge is 0.418 e. The van der Waals surface area contributed by atoms with Crippen molar-refractivity contribution < 1.29 is 55.6 Å². The average molecular weight is 213 g/mol. The molecule has 0 saturated heterocycles. The van der Waals surface area contributed by atoms with E-state index < -0.39 is 7.25 Å². The Balaban J connectivity index is -0.00000000381. The maximum Gasteiger partial charge on any atom is 0.673 e. The summed E-state index contributed by atoms with van der Waals surface area (Å²) in [6.45, 7) is 0. The Morgan fingerprint density at radius 3 is 0.417 bits per heavy atom. The topological polar surface area (TPSA) is 220 Å². The molecular weight excluding hydrogens is 199 g/mol. The van der Waals surface area contributed by atoms with Crippen LogP contribution in [0.5, 0.6) is 0 Å². The summed E-state index contributed by atoms with van der Waals surface area (Å²) >= 11 is 0. The Hall–Kier alpha value is -0.495. The lowest BCUT2D eigenvalue weighted by Crippen LogP contribution is -2.02. The third-order valence-electron chi connectivity index (χ3n) is 0. The van der Waals surface area contributed by atoms with Crippen LogP contribution in [0.2, 0.25) is 0 Å². The SMILES string of the molecule is F[B-](F)(F)F.O.O.O.O.O.O.O. The van der Waals surface area contributed by atoms with Gasteiger partial charge < -0.3 is 55.6 Å². The summed E-state index contributed by atoms with van der Waals surface area (Å²) in [5.41, 5.74) is 0. The van der Waals surface area contributed by atoms with E-state index in [9.17, 15) is 17.3 Å². The van der Waals surface area contributed by atoms with Crippen LogP contribution in [0.1, 0.15) is 0 Å². The summed E-state index contributed by atoms with van der Waals surface area (Å²) in [5.74, 6) is 0. The van der Waals surface area contributed by atoms with E-state index in [0.29, 0.717) is 0 Å². The minimum atomic E-state index is -6.00. The summed E-state index contributed by atoms with van der Waals surface area (Å²) in [6, 6.07) is 0. The lowest BCUT2D eigenvalue weighted by Gasteiger charge is -1.94. The Morgan fingerprint density at radius 1 is 0.417 bits per heavy atom. The Bertz CT molecular complexity index is 30.9. The molecule has 0 aliphatic heterocycles. The van der Waals surface area contributed by atoms with Crippen molar-refractivity contribution in [2.75, 3.05) is 0 Å². The van der Waals surface area contributed by atoms with Crippen molar-refractivity contribution in [2.24, 2.45) is 0 Å².